The highest BCUT2D eigenvalue weighted by molar-refractivity contribution is 5.88. The largest absolute Gasteiger partial charge is 0.467 e. The monoisotopic (exact) mass is 381 g/mol. The zero-order valence-electron chi connectivity index (χ0n) is 15.2. The lowest BCUT2D eigenvalue weighted by atomic mass is 10.0. The number of para-hydroxylation sites is 2. The van der Waals surface area contributed by atoms with Crippen molar-refractivity contribution in [3.05, 3.63) is 76.0 Å². The number of H-pyrrole nitrogens is 1. The predicted molar refractivity (Wildman–Crippen MR) is 103 cm³/mol. The SMILES string of the molecule is COC(=O)[C@@H](Cc1c[nH]c2ccccc12)NC(=O)Cc1ccccc1[N+](=O)[O-]. The third-order valence-corrected chi connectivity index (χ3v) is 4.46. The average molecular weight is 381 g/mol. The second kappa shape index (κ2) is 8.34. The van der Waals surface area contributed by atoms with E-state index in [9.17, 15) is 19.7 Å². The number of fused-ring (bicyclic) bond motifs is 1. The molecule has 0 spiro atoms. The van der Waals surface area contributed by atoms with Crippen LogP contribution in [0, 0.1) is 10.1 Å². The minimum atomic E-state index is -0.903. The van der Waals surface area contributed by atoms with Crippen LogP contribution >= 0.6 is 0 Å². The van der Waals surface area contributed by atoms with E-state index in [-0.39, 0.29) is 24.1 Å². The third kappa shape index (κ3) is 4.17. The lowest BCUT2D eigenvalue weighted by Gasteiger charge is -2.16. The van der Waals surface area contributed by atoms with Gasteiger partial charge in [-0.3, -0.25) is 14.9 Å². The number of aromatic nitrogens is 1. The van der Waals surface area contributed by atoms with Crippen molar-refractivity contribution >= 4 is 28.5 Å². The van der Waals surface area contributed by atoms with Crippen molar-refractivity contribution in [2.45, 2.75) is 18.9 Å². The van der Waals surface area contributed by atoms with Crippen molar-refractivity contribution < 1.29 is 19.2 Å². The first-order chi connectivity index (χ1) is 13.5. The number of carbonyl (C=O) groups excluding carboxylic acids is 2. The van der Waals surface area contributed by atoms with Gasteiger partial charge in [0.05, 0.1) is 18.5 Å². The second-order valence-electron chi connectivity index (χ2n) is 6.27. The second-order valence-corrected chi connectivity index (χ2v) is 6.27. The van der Waals surface area contributed by atoms with Crippen LogP contribution in [0.1, 0.15) is 11.1 Å². The molecule has 0 radical (unpaired) electrons. The van der Waals surface area contributed by atoms with Crippen LogP contribution < -0.4 is 5.32 Å². The van der Waals surface area contributed by atoms with Crippen molar-refractivity contribution in [3.8, 4) is 0 Å². The summed E-state index contributed by atoms with van der Waals surface area (Å²) in [4.78, 5) is 38.3. The molecule has 0 saturated heterocycles. The van der Waals surface area contributed by atoms with Crippen molar-refractivity contribution in [3.63, 3.8) is 0 Å². The quantitative estimate of drug-likeness (QED) is 0.371. The molecule has 0 saturated carbocycles. The van der Waals surface area contributed by atoms with Crippen LogP contribution in [0.5, 0.6) is 0 Å². The van der Waals surface area contributed by atoms with Gasteiger partial charge in [0.1, 0.15) is 6.04 Å². The van der Waals surface area contributed by atoms with Gasteiger partial charge in [-0.2, -0.15) is 0 Å². The number of nitrogens with one attached hydrogen (secondary N) is 2. The Hall–Kier alpha value is -3.68. The fourth-order valence-corrected chi connectivity index (χ4v) is 3.11. The van der Waals surface area contributed by atoms with E-state index in [1.54, 1.807) is 12.3 Å². The molecular formula is C20H19N3O5. The Bertz CT molecular complexity index is 1030. The van der Waals surface area contributed by atoms with Gasteiger partial charge in [-0.1, -0.05) is 36.4 Å². The van der Waals surface area contributed by atoms with Gasteiger partial charge >= 0.3 is 5.97 Å². The van der Waals surface area contributed by atoms with Gasteiger partial charge in [-0.05, 0) is 11.6 Å². The Morgan fingerprint density at radius 1 is 1.14 bits per heavy atom. The topological polar surface area (TPSA) is 114 Å². The summed E-state index contributed by atoms with van der Waals surface area (Å²) in [6.07, 6.45) is 1.81. The third-order valence-electron chi connectivity index (χ3n) is 4.46. The van der Waals surface area contributed by atoms with Crippen LogP contribution in [0.2, 0.25) is 0 Å². The number of amides is 1. The molecule has 0 fully saturated rings. The number of aromatic amines is 1. The molecule has 28 heavy (non-hydrogen) atoms. The maximum Gasteiger partial charge on any atom is 0.328 e. The maximum atomic E-state index is 12.5. The maximum absolute atomic E-state index is 12.5. The molecule has 0 bridgehead atoms. The molecule has 8 nitrogen and oxygen atoms in total. The summed E-state index contributed by atoms with van der Waals surface area (Å²) in [5, 5.41) is 14.7. The standard InChI is InChI=1S/C20H19N3O5/c1-28-20(25)17(10-14-12-21-16-8-4-3-7-15(14)16)22-19(24)11-13-6-2-5-9-18(13)23(26)27/h2-9,12,17,21H,10-11H2,1H3,(H,22,24)/t17-/m1/s1. The Labute approximate surface area is 160 Å². The molecule has 8 heteroatoms. The molecule has 3 aromatic rings. The Morgan fingerprint density at radius 3 is 2.61 bits per heavy atom. The zero-order chi connectivity index (χ0) is 20.1. The van der Waals surface area contributed by atoms with Gasteiger partial charge in [0, 0.05) is 35.2 Å². The van der Waals surface area contributed by atoms with E-state index in [1.165, 1.54) is 25.3 Å². The molecule has 3 rings (SSSR count). The molecule has 2 aromatic carbocycles. The molecule has 144 valence electrons. The highest BCUT2D eigenvalue weighted by atomic mass is 16.6. The number of nitro groups is 1. The van der Waals surface area contributed by atoms with Gasteiger partial charge in [0.25, 0.3) is 5.69 Å². The minimum absolute atomic E-state index is 0.135. The first-order valence-electron chi connectivity index (χ1n) is 8.64. The number of benzene rings is 2. The van der Waals surface area contributed by atoms with E-state index in [0.29, 0.717) is 0 Å². The number of methoxy groups -OCH3 is 1. The summed E-state index contributed by atoms with van der Waals surface area (Å²) in [5.74, 6) is -1.08. The van der Waals surface area contributed by atoms with Crippen LogP contribution in [0.4, 0.5) is 5.69 Å². The van der Waals surface area contributed by atoms with E-state index in [0.717, 1.165) is 16.5 Å². The van der Waals surface area contributed by atoms with Crippen molar-refractivity contribution in [1.29, 1.82) is 0 Å². The molecule has 0 unspecified atom stereocenters. The van der Waals surface area contributed by atoms with Gasteiger partial charge in [-0.25, -0.2) is 4.79 Å². The van der Waals surface area contributed by atoms with Crippen molar-refractivity contribution in [1.82, 2.24) is 10.3 Å². The normalized spacial score (nSPS) is 11.8. The molecule has 1 atom stereocenters. The number of nitrogens with zero attached hydrogens (tertiary/aromatic N) is 1. The first kappa shape index (κ1) is 19.1. The van der Waals surface area contributed by atoms with Gasteiger partial charge in [0.15, 0.2) is 0 Å². The Morgan fingerprint density at radius 2 is 1.86 bits per heavy atom. The minimum Gasteiger partial charge on any atom is -0.467 e. The summed E-state index contributed by atoms with van der Waals surface area (Å²) in [5.41, 5.74) is 1.92. The summed E-state index contributed by atoms with van der Waals surface area (Å²) < 4.78 is 4.81. The molecular weight excluding hydrogens is 362 g/mol. The number of hydrogen-bond acceptors (Lipinski definition) is 5. The van der Waals surface area contributed by atoms with Crippen LogP contribution in [0.3, 0.4) is 0 Å². The number of hydrogen-bond donors (Lipinski definition) is 2. The highest BCUT2D eigenvalue weighted by Crippen LogP contribution is 2.20. The van der Waals surface area contributed by atoms with Crippen LogP contribution in [0.15, 0.2) is 54.7 Å². The molecule has 0 aliphatic rings. The van der Waals surface area contributed by atoms with Gasteiger partial charge < -0.3 is 15.0 Å². The zero-order valence-corrected chi connectivity index (χ0v) is 15.2. The van der Waals surface area contributed by atoms with Crippen LogP contribution in [-0.2, 0) is 27.2 Å². The molecule has 1 amide bonds. The van der Waals surface area contributed by atoms with E-state index in [2.05, 4.69) is 10.3 Å². The van der Waals surface area contributed by atoms with Crippen molar-refractivity contribution in [2.24, 2.45) is 0 Å². The fraction of sp³-hybridized carbons (Fsp3) is 0.200. The average Bonchev–Trinajstić information content (AvgIpc) is 3.10. The van der Waals surface area contributed by atoms with E-state index >= 15 is 0 Å². The number of nitro benzene ring substituents is 1. The summed E-state index contributed by atoms with van der Waals surface area (Å²) in [7, 11) is 1.25. The number of rotatable bonds is 7. The summed E-state index contributed by atoms with van der Waals surface area (Å²) in [6.45, 7) is 0. The van der Waals surface area contributed by atoms with Crippen LogP contribution in [0.25, 0.3) is 10.9 Å². The molecule has 1 heterocycles. The van der Waals surface area contributed by atoms with E-state index in [4.69, 9.17) is 4.74 Å². The van der Waals surface area contributed by atoms with E-state index in [1.807, 2.05) is 24.3 Å². The fourth-order valence-electron chi connectivity index (χ4n) is 3.11. The van der Waals surface area contributed by atoms with Gasteiger partial charge in [-0.15, -0.1) is 0 Å². The lowest BCUT2D eigenvalue weighted by molar-refractivity contribution is -0.385. The molecule has 0 aliphatic carbocycles. The number of carbonyl (C=O) groups is 2. The molecule has 0 aliphatic heterocycles. The molecule has 1 aromatic heterocycles. The lowest BCUT2D eigenvalue weighted by Crippen LogP contribution is -2.43. The Kier molecular flexibility index (Phi) is 5.69. The number of ether oxygens (including phenoxy) is 1. The molecule has 2 N–H and O–H groups in total. The Balaban J connectivity index is 1.77. The van der Waals surface area contributed by atoms with Gasteiger partial charge in [0.2, 0.25) is 5.91 Å². The predicted octanol–water partition coefficient (Wildman–Crippen LogP) is 2.52. The summed E-state index contributed by atoms with van der Waals surface area (Å²) in [6, 6.07) is 12.7. The summed E-state index contributed by atoms with van der Waals surface area (Å²) >= 11 is 0. The van der Waals surface area contributed by atoms with Crippen LogP contribution in [-0.4, -0.2) is 34.9 Å². The first-order valence-corrected chi connectivity index (χ1v) is 8.64. The van der Waals surface area contributed by atoms with E-state index < -0.39 is 22.8 Å². The van der Waals surface area contributed by atoms with Crippen molar-refractivity contribution in [2.75, 3.05) is 7.11 Å². The highest BCUT2D eigenvalue weighted by Gasteiger charge is 2.24. The smallest absolute Gasteiger partial charge is 0.328 e. The number of esters is 1.